The van der Waals surface area contributed by atoms with Crippen LogP contribution in [0.5, 0.6) is 0 Å². The van der Waals surface area contributed by atoms with Gasteiger partial charge in [0.15, 0.2) is 0 Å². The van der Waals surface area contributed by atoms with Crippen LogP contribution >= 0.6 is 0 Å². The maximum atomic E-state index is 15.0. The molecule has 2 saturated carbocycles. The van der Waals surface area contributed by atoms with Crippen molar-refractivity contribution in [2.75, 3.05) is 18.1 Å². The molecule has 4 aliphatic rings. The van der Waals surface area contributed by atoms with Crippen LogP contribution in [-0.2, 0) is 38.1 Å². The van der Waals surface area contributed by atoms with E-state index in [-0.39, 0.29) is 22.7 Å². The van der Waals surface area contributed by atoms with Gasteiger partial charge in [-0.3, -0.25) is 14.4 Å². The quantitative estimate of drug-likeness (QED) is 0.181. The number of carboxylic acid groups (broad SMARTS) is 1. The second kappa shape index (κ2) is 12.1. The number of nitrogens with one attached hydrogen (secondary N) is 1. The smallest absolute Gasteiger partial charge is 0.305 e. The molecule has 0 aromatic heterocycles. The standard InChI is InChI=1S/C40H56N4O5/c1-36-16-7-17-37(2,31(36)14-11-24-9-12-26(41)21-28(24)36)34(48)44(6)35(49)39(4)19-8-18-38(3)29-22-27(43-33(47)30(42)23-32(45)46)13-10-25(29)15-20-40(38,39)5/h9-10,12-13,21-22,30-31,34,48H,7-8,11,14-20,23,41-42H2,1-6H3,(H,43,47)(H,45,46)/t30-,31+,34?,36+,37-,38+,39+,40+/m0/s1. The van der Waals surface area contributed by atoms with Crippen LogP contribution in [0.3, 0.4) is 0 Å². The molecule has 9 nitrogen and oxygen atoms in total. The first kappa shape index (κ1) is 35.4. The van der Waals surface area contributed by atoms with Crippen LogP contribution in [0.15, 0.2) is 36.4 Å². The second-order valence-electron chi connectivity index (χ2n) is 17.0. The molecule has 0 spiro atoms. The molecule has 49 heavy (non-hydrogen) atoms. The fourth-order valence-electron chi connectivity index (χ4n) is 11.3. The number of nitrogens with two attached hydrogens (primary N) is 2. The van der Waals surface area contributed by atoms with Gasteiger partial charge in [0.05, 0.1) is 17.9 Å². The number of nitrogens with zero attached hydrogens (tertiary/aromatic N) is 1. The Labute approximate surface area is 291 Å². The van der Waals surface area contributed by atoms with E-state index in [9.17, 15) is 14.7 Å². The number of carboxylic acids is 1. The average Bonchev–Trinajstić information content (AvgIpc) is 3.05. The summed E-state index contributed by atoms with van der Waals surface area (Å²) in [5, 5.41) is 24.3. The highest BCUT2D eigenvalue weighted by Crippen LogP contribution is 2.66. The molecular weight excluding hydrogens is 616 g/mol. The summed E-state index contributed by atoms with van der Waals surface area (Å²) >= 11 is 0. The van der Waals surface area contributed by atoms with Crippen molar-refractivity contribution in [3.05, 3.63) is 58.7 Å². The monoisotopic (exact) mass is 672 g/mol. The number of fused-ring (bicyclic) bond motifs is 6. The molecule has 0 radical (unpaired) electrons. The second-order valence-corrected chi connectivity index (χ2v) is 17.0. The highest BCUT2D eigenvalue weighted by molar-refractivity contribution is 5.96. The summed E-state index contributed by atoms with van der Waals surface area (Å²) in [6.45, 7) is 11.2. The largest absolute Gasteiger partial charge is 0.481 e. The van der Waals surface area contributed by atoms with Crippen LogP contribution < -0.4 is 16.8 Å². The van der Waals surface area contributed by atoms with Crippen LogP contribution in [0, 0.1) is 22.2 Å². The lowest BCUT2D eigenvalue weighted by Gasteiger charge is -2.63. The van der Waals surface area contributed by atoms with Gasteiger partial charge in [0.2, 0.25) is 11.8 Å². The molecule has 2 aromatic rings. The van der Waals surface area contributed by atoms with Crippen LogP contribution in [0.25, 0.3) is 0 Å². The highest BCUT2D eigenvalue weighted by Gasteiger charge is 2.64. The Morgan fingerprint density at radius 3 is 2.31 bits per heavy atom. The molecule has 0 heterocycles. The van der Waals surface area contributed by atoms with Crippen LogP contribution in [0.1, 0.15) is 115 Å². The molecule has 2 fully saturated rings. The lowest BCUT2D eigenvalue weighted by atomic mass is 9.41. The van der Waals surface area contributed by atoms with E-state index in [1.165, 1.54) is 16.7 Å². The predicted molar refractivity (Wildman–Crippen MR) is 192 cm³/mol. The van der Waals surface area contributed by atoms with Crippen molar-refractivity contribution in [3.63, 3.8) is 0 Å². The Morgan fingerprint density at radius 1 is 0.918 bits per heavy atom. The van der Waals surface area contributed by atoms with E-state index in [1.54, 1.807) is 4.90 Å². The summed E-state index contributed by atoms with van der Waals surface area (Å²) in [7, 11) is 1.81. The summed E-state index contributed by atoms with van der Waals surface area (Å²) < 4.78 is 0. The number of rotatable bonds is 7. The number of carbonyl (C=O) groups is 3. The SMILES string of the molecule is CN(C(=O)[C@@]1(C)CCC[C@]2(C)c3cc(NC(=O)[C@@H](N)CC(=O)O)ccc3CC[C@@]12C)C(O)[C@@]1(C)CCC[C@]2(C)c3cc(N)ccc3CC[C@H]21. The molecule has 0 bridgehead atoms. The van der Waals surface area contributed by atoms with E-state index in [1.807, 2.05) is 31.3 Å². The number of benzene rings is 2. The lowest BCUT2D eigenvalue weighted by Crippen LogP contribution is -2.65. The summed E-state index contributed by atoms with van der Waals surface area (Å²) in [6, 6.07) is 11.0. The molecule has 2 aromatic carbocycles. The van der Waals surface area contributed by atoms with Crippen molar-refractivity contribution in [3.8, 4) is 0 Å². The molecule has 266 valence electrons. The van der Waals surface area contributed by atoms with Crippen molar-refractivity contribution < 1.29 is 24.6 Å². The number of hydrogen-bond donors (Lipinski definition) is 5. The number of anilines is 2. The molecule has 2 amide bonds. The van der Waals surface area contributed by atoms with Crippen LogP contribution in [0.4, 0.5) is 11.4 Å². The third-order valence-corrected chi connectivity index (χ3v) is 14.6. The molecule has 6 rings (SSSR count). The van der Waals surface area contributed by atoms with Crippen LogP contribution in [-0.4, -0.2) is 52.2 Å². The van der Waals surface area contributed by atoms with E-state index < -0.39 is 46.8 Å². The van der Waals surface area contributed by atoms with Gasteiger partial charge in [0, 0.05) is 23.8 Å². The Balaban J connectivity index is 1.29. The van der Waals surface area contributed by atoms with Crippen molar-refractivity contribution in [1.82, 2.24) is 4.90 Å². The fraction of sp³-hybridized carbons (Fsp3) is 0.625. The molecule has 8 atom stereocenters. The minimum Gasteiger partial charge on any atom is -0.481 e. The van der Waals surface area contributed by atoms with Gasteiger partial charge in [-0.05, 0) is 120 Å². The van der Waals surface area contributed by atoms with Crippen molar-refractivity contribution in [1.29, 1.82) is 0 Å². The molecule has 0 aliphatic heterocycles. The Bertz CT molecular complexity index is 1680. The molecule has 0 saturated heterocycles. The number of amides is 2. The van der Waals surface area contributed by atoms with E-state index >= 15 is 4.79 Å². The number of aryl methyl sites for hydroxylation is 2. The third-order valence-electron chi connectivity index (χ3n) is 14.6. The zero-order valence-electron chi connectivity index (χ0n) is 30.2. The van der Waals surface area contributed by atoms with Crippen molar-refractivity contribution in [2.24, 2.45) is 27.9 Å². The fourth-order valence-corrected chi connectivity index (χ4v) is 11.3. The Morgan fingerprint density at radius 2 is 1.59 bits per heavy atom. The number of carbonyl (C=O) groups excluding carboxylic acids is 2. The first-order valence-corrected chi connectivity index (χ1v) is 18.2. The van der Waals surface area contributed by atoms with Gasteiger partial charge in [-0.2, -0.15) is 0 Å². The minimum absolute atomic E-state index is 0.00469. The number of hydrogen-bond acceptors (Lipinski definition) is 6. The zero-order chi connectivity index (χ0) is 35.7. The average molecular weight is 673 g/mol. The number of nitrogen functional groups attached to an aromatic ring is 1. The topological polar surface area (TPSA) is 159 Å². The molecule has 9 heteroatoms. The van der Waals surface area contributed by atoms with Crippen molar-refractivity contribution >= 4 is 29.2 Å². The number of aliphatic hydroxyl groups is 1. The van der Waals surface area contributed by atoms with Gasteiger partial charge in [0.25, 0.3) is 0 Å². The summed E-state index contributed by atoms with van der Waals surface area (Å²) in [4.78, 5) is 40.6. The Hall–Kier alpha value is -3.43. The maximum Gasteiger partial charge on any atom is 0.305 e. The van der Waals surface area contributed by atoms with Gasteiger partial charge in [0.1, 0.15) is 6.23 Å². The highest BCUT2D eigenvalue weighted by atomic mass is 16.4. The summed E-state index contributed by atoms with van der Waals surface area (Å²) in [5.41, 5.74) is 16.3. The maximum absolute atomic E-state index is 15.0. The van der Waals surface area contributed by atoms with Gasteiger partial charge in [-0.25, -0.2) is 0 Å². The predicted octanol–water partition coefficient (Wildman–Crippen LogP) is 5.90. The van der Waals surface area contributed by atoms with E-state index in [4.69, 9.17) is 16.6 Å². The van der Waals surface area contributed by atoms with Crippen molar-refractivity contribution in [2.45, 2.75) is 128 Å². The van der Waals surface area contributed by atoms with E-state index in [0.29, 0.717) is 5.69 Å². The van der Waals surface area contributed by atoms with Gasteiger partial charge in [-0.15, -0.1) is 0 Å². The summed E-state index contributed by atoms with van der Waals surface area (Å²) in [5.74, 6) is -1.47. The minimum atomic E-state index is -1.16. The molecule has 4 aliphatic carbocycles. The number of aliphatic carboxylic acids is 1. The van der Waals surface area contributed by atoms with Crippen LogP contribution in [0.2, 0.25) is 0 Å². The first-order valence-electron chi connectivity index (χ1n) is 18.2. The molecular formula is C40H56N4O5. The van der Waals surface area contributed by atoms with E-state index in [0.717, 1.165) is 75.5 Å². The molecule has 1 unspecified atom stereocenters. The van der Waals surface area contributed by atoms with Gasteiger partial charge < -0.3 is 31.9 Å². The van der Waals surface area contributed by atoms with Gasteiger partial charge in [-0.1, -0.05) is 59.6 Å². The third kappa shape index (κ3) is 5.29. The first-order chi connectivity index (χ1) is 22.9. The van der Waals surface area contributed by atoms with E-state index in [2.05, 4.69) is 52.1 Å². The zero-order valence-corrected chi connectivity index (χ0v) is 30.2. The Kier molecular flexibility index (Phi) is 8.75. The normalized spacial score (nSPS) is 34.7. The molecule has 7 N–H and O–H groups in total. The lowest BCUT2D eigenvalue weighted by molar-refractivity contribution is -0.187. The van der Waals surface area contributed by atoms with Gasteiger partial charge >= 0.3 is 5.97 Å². The number of aliphatic hydroxyl groups excluding tert-OH is 1. The summed E-state index contributed by atoms with van der Waals surface area (Å²) in [6.07, 6.45) is 7.48.